The highest BCUT2D eigenvalue weighted by atomic mass is 15.3. The molecule has 4 nitrogen and oxygen atoms in total. The molecule has 0 bridgehead atoms. The van der Waals surface area contributed by atoms with Crippen molar-refractivity contribution in [3.8, 4) is 0 Å². The maximum Gasteiger partial charge on any atom is 0.151 e. The van der Waals surface area contributed by atoms with Crippen LogP contribution in [0.4, 0.5) is 5.82 Å². The summed E-state index contributed by atoms with van der Waals surface area (Å²) >= 11 is 0. The molecule has 0 radical (unpaired) electrons. The fourth-order valence-electron chi connectivity index (χ4n) is 2.72. The number of anilines is 1. The van der Waals surface area contributed by atoms with Crippen molar-refractivity contribution in [2.45, 2.75) is 47.1 Å². The summed E-state index contributed by atoms with van der Waals surface area (Å²) in [5.74, 6) is 1.68. The lowest BCUT2D eigenvalue weighted by atomic mass is 9.84. The maximum absolute atomic E-state index is 4.40. The summed E-state index contributed by atoms with van der Waals surface area (Å²) in [6.45, 7) is 13.1. The van der Waals surface area contributed by atoms with Gasteiger partial charge in [-0.3, -0.25) is 0 Å². The summed E-state index contributed by atoms with van der Waals surface area (Å²) in [6.07, 6.45) is 2.54. The van der Waals surface area contributed by atoms with Crippen LogP contribution in [-0.2, 0) is 6.54 Å². The third-order valence-electron chi connectivity index (χ3n) is 3.79. The zero-order valence-corrected chi connectivity index (χ0v) is 13.3. The topological polar surface area (TPSA) is 41.0 Å². The molecule has 20 heavy (non-hydrogen) atoms. The zero-order valence-electron chi connectivity index (χ0n) is 13.3. The van der Waals surface area contributed by atoms with Crippen molar-refractivity contribution in [2.24, 2.45) is 11.3 Å². The van der Waals surface area contributed by atoms with Crippen LogP contribution in [0.15, 0.2) is 12.1 Å². The van der Waals surface area contributed by atoms with E-state index in [0.717, 1.165) is 37.7 Å². The summed E-state index contributed by atoms with van der Waals surface area (Å²) in [7, 11) is 0. The van der Waals surface area contributed by atoms with Gasteiger partial charge in [0, 0.05) is 19.6 Å². The van der Waals surface area contributed by atoms with E-state index in [9.17, 15) is 0 Å². The largest absolute Gasteiger partial charge is 0.355 e. The average Bonchev–Trinajstić information content (AvgIpc) is 2.38. The SMILES string of the molecule is CC(C)CNCc1ccc(N2CCCC(C)(C)C2)nn1. The fraction of sp³-hybridized carbons (Fsp3) is 0.750. The minimum absolute atomic E-state index is 0.386. The predicted octanol–water partition coefficient (Wildman–Crippen LogP) is 2.85. The van der Waals surface area contributed by atoms with Crippen LogP contribution in [0.1, 0.15) is 46.2 Å². The van der Waals surface area contributed by atoms with E-state index >= 15 is 0 Å². The van der Waals surface area contributed by atoms with Gasteiger partial charge in [0.05, 0.1) is 5.69 Å². The Hall–Kier alpha value is -1.16. The fourth-order valence-corrected chi connectivity index (χ4v) is 2.72. The number of piperidine rings is 1. The minimum Gasteiger partial charge on any atom is -0.355 e. The summed E-state index contributed by atoms with van der Waals surface area (Å²) in [5, 5.41) is 12.1. The lowest BCUT2D eigenvalue weighted by Gasteiger charge is -2.38. The van der Waals surface area contributed by atoms with E-state index in [4.69, 9.17) is 0 Å². The zero-order chi connectivity index (χ0) is 14.6. The second-order valence-corrected chi connectivity index (χ2v) is 7.10. The monoisotopic (exact) mass is 276 g/mol. The van der Waals surface area contributed by atoms with Crippen molar-refractivity contribution in [2.75, 3.05) is 24.5 Å². The van der Waals surface area contributed by atoms with E-state index in [0.29, 0.717) is 11.3 Å². The van der Waals surface area contributed by atoms with Gasteiger partial charge in [-0.1, -0.05) is 27.7 Å². The molecular weight excluding hydrogens is 248 g/mol. The van der Waals surface area contributed by atoms with Crippen molar-refractivity contribution in [3.63, 3.8) is 0 Å². The van der Waals surface area contributed by atoms with E-state index in [1.807, 2.05) is 0 Å². The first-order valence-corrected chi connectivity index (χ1v) is 7.74. The Morgan fingerprint density at radius 1 is 1.30 bits per heavy atom. The molecule has 0 saturated carbocycles. The Labute approximate surface area is 123 Å². The Balaban J connectivity index is 1.91. The molecule has 1 aromatic rings. The van der Waals surface area contributed by atoms with Gasteiger partial charge in [0.2, 0.25) is 0 Å². The molecule has 0 unspecified atom stereocenters. The summed E-state index contributed by atoms with van der Waals surface area (Å²) in [6, 6.07) is 4.21. The van der Waals surface area contributed by atoms with Gasteiger partial charge in [-0.05, 0) is 42.9 Å². The van der Waals surface area contributed by atoms with E-state index in [2.05, 4.69) is 60.2 Å². The molecule has 0 aromatic carbocycles. The standard InChI is InChI=1S/C16H28N4/c1-13(2)10-17-11-14-6-7-15(19-18-14)20-9-5-8-16(3,4)12-20/h6-7,13,17H,5,8-12H2,1-4H3. The molecule has 0 atom stereocenters. The van der Waals surface area contributed by atoms with Crippen LogP contribution in [-0.4, -0.2) is 29.8 Å². The Bertz CT molecular complexity index is 411. The number of hydrogen-bond acceptors (Lipinski definition) is 4. The van der Waals surface area contributed by atoms with Crippen LogP contribution >= 0.6 is 0 Å². The molecule has 112 valence electrons. The highest BCUT2D eigenvalue weighted by molar-refractivity contribution is 5.38. The number of nitrogens with zero attached hydrogens (tertiary/aromatic N) is 3. The van der Waals surface area contributed by atoms with Crippen LogP contribution in [0.5, 0.6) is 0 Å². The van der Waals surface area contributed by atoms with Gasteiger partial charge >= 0.3 is 0 Å². The quantitative estimate of drug-likeness (QED) is 0.898. The third kappa shape index (κ3) is 4.44. The first-order valence-electron chi connectivity index (χ1n) is 7.74. The van der Waals surface area contributed by atoms with Gasteiger partial charge in [-0.25, -0.2) is 0 Å². The molecule has 0 aliphatic carbocycles. The molecule has 1 fully saturated rings. The number of hydrogen-bond donors (Lipinski definition) is 1. The normalized spacial score (nSPS) is 18.6. The van der Waals surface area contributed by atoms with Crippen molar-refractivity contribution in [1.82, 2.24) is 15.5 Å². The molecule has 2 heterocycles. The first kappa shape index (κ1) is 15.2. The van der Waals surface area contributed by atoms with Crippen molar-refractivity contribution in [1.29, 1.82) is 0 Å². The van der Waals surface area contributed by atoms with Gasteiger partial charge < -0.3 is 10.2 Å². The second kappa shape index (κ2) is 6.53. The van der Waals surface area contributed by atoms with Gasteiger partial charge in [-0.2, -0.15) is 5.10 Å². The molecule has 0 spiro atoms. The first-order chi connectivity index (χ1) is 9.46. The number of rotatable bonds is 5. The third-order valence-corrected chi connectivity index (χ3v) is 3.79. The molecule has 1 saturated heterocycles. The lowest BCUT2D eigenvalue weighted by molar-refractivity contribution is 0.291. The Morgan fingerprint density at radius 3 is 2.70 bits per heavy atom. The summed E-state index contributed by atoms with van der Waals surface area (Å²) in [5.41, 5.74) is 1.41. The average molecular weight is 276 g/mol. The summed E-state index contributed by atoms with van der Waals surface area (Å²) < 4.78 is 0. The molecule has 2 rings (SSSR count). The smallest absolute Gasteiger partial charge is 0.151 e. The number of aromatic nitrogens is 2. The van der Waals surface area contributed by atoms with Crippen LogP contribution < -0.4 is 10.2 Å². The van der Waals surface area contributed by atoms with Crippen LogP contribution in [0.3, 0.4) is 0 Å². The Kier molecular flexibility index (Phi) is 4.97. The van der Waals surface area contributed by atoms with Gasteiger partial charge in [-0.15, -0.1) is 5.10 Å². The van der Waals surface area contributed by atoms with Crippen molar-refractivity contribution >= 4 is 5.82 Å². The number of nitrogens with one attached hydrogen (secondary N) is 1. The molecule has 1 aromatic heterocycles. The summed E-state index contributed by atoms with van der Waals surface area (Å²) in [4.78, 5) is 2.36. The molecule has 4 heteroatoms. The van der Waals surface area contributed by atoms with Crippen LogP contribution in [0, 0.1) is 11.3 Å². The highest BCUT2D eigenvalue weighted by Gasteiger charge is 2.27. The van der Waals surface area contributed by atoms with Gasteiger partial charge in [0.15, 0.2) is 5.82 Å². The predicted molar refractivity (Wildman–Crippen MR) is 83.8 cm³/mol. The van der Waals surface area contributed by atoms with Crippen LogP contribution in [0.25, 0.3) is 0 Å². The van der Waals surface area contributed by atoms with Gasteiger partial charge in [0.25, 0.3) is 0 Å². The lowest BCUT2D eigenvalue weighted by Crippen LogP contribution is -2.40. The molecule has 1 aliphatic rings. The van der Waals surface area contributed by atoms with Gasteiger partial charge in [0.1, 0.15) is 0 Å². The van der Waals surface area contributed by atoms with E-state index in [1.165, 1.54) is 12.8 Å². The molecule has 1 N–H and O–H groups in total. The van der Waals surface area contributed by atoms with Crippen LogP contribution in [0.2, 0.25) is 0 Å². The molecular formula is C16H28N4. The Morgan fingerprint density at radius 2 is 2.10 bits per heavy atom. The van der Waals surface area contributed by atoms with Crippen molar-refractivity contribution in [3.05, 3.63) is 17.8 Å². The molecule has 1 aliphatic heterocycles. The second-order valence-electron chi connectivity index (χ2n) is 7.10. The van der Waals surface area contributed by atoms with E-state index < -0.39 is 0 Å². The van der Waals surface area contributed by atoms with Crippen molar-refractivity contribution < 1.29 is 0 Å². The van der Waals surface area contributed by atoms with E-state index in [-0.39, 0.29) is 0 Å². The minimum atomic E-state index is 0.386. The van der Waals surface area contributed by atoms with E-state index in [1.54, 1.807) is 0 Å². The highest BCUT2D eigenvalue weighted by Crippen LogP contribution is 2.30. The molecule has 0 amide bonds. The maximum atomic E-state index is 4.40.